The molecule has 194 valence electrons. The molecule has 37 heavy (non-hydrogen) atoms. The van der Waals surface area contributed by atoms with E-state index in [9.17, 15) is 9.59 Å². The van der Waals surface area contributed by atoms with Gasteiger partial charge in [0.1, 0.15) is 11.5 Å². The highest BCUT2D eigenvalue weighted by atomic mass is 79.9. The molecule has 0 saturated carbocycles. The van der Waals surface area contributed by atoms with Crippen molar-refractivity contribution in [1.82, 2.24) is 4.90 Å². The van der Waals surface area contributed by atoms with Gasteiger partial charge in [-0.15, -0.1) is 0 Å². The van der Waals surface area contributed by atoms with Gasteiger partial charge in [-0.2, -0.15) is 0 Å². The Morgan fingerprint density at radius 1 is 1.00 bits per heavy atom. The molecule has 9 heteroatoms. The third-order valence-corrected chi connectivity index (χ3v) is 6.89. The first-order chi connectivity index (χ1) is 17.9. The van der Waals surface area contributed by atoms with Gasteiger partial charge in [0.25, 0.3) is 11.8 Å². The van der Waals surface area contributed by atoms with E-state index in [0.29, 0.717) is 60.4 Å². The summed E-state index contributed by atoms with van der Waals surface area (Å²) in [6.45, 7) is 5.20. The molecular formula is C28H29BrClN3O4. The van der Waals surface area contributed by atoms with Crippen molar-refractivity contribution in [2.75, 3.05) is 50.1 Å². The van der Waals surface area contributed by atoms with Crippen molar-refractivity contribution >= 4 is 50.7 Å². The van der Waals surface area contributed by atoms with Crippen LogP contribution in [0.25, 0.3) is 0 Å². The summed E-state index contributed by atoms with van der Waals surface area (Å²) in [5.41, 5.74) is 2.52. The number of piperazine rings is 1. The third kappa shape index (κ3) is 6.56. The largest absolute Gasteiger partial charge is 0.496 e. The van der Waals surface area contributed by atoms with E-state index < -0.39 is 0 Å². The zero-order chi connectivity index (χ0) is 26.4. The molecule has 1 saturated heterocycles. The summed E-state index contributed by atoms with van der Waals surface area (Å²) in [5, 5.41) is 3.41. The Kier molecular flexibility index (Phi) is 8.95. The highest BCUT2D eigenvalue weighted by molar-refractivity contribution is 9.10. The average molecular weight is 587 g/mol. The van der Waals surface area contributed by atoms with E-state index in [2.05, 4.69) is 33.1 Å². The number of methoxy groups -OCH3 is 1. The van der Waals surface area contributed by atoms with Gasteiger partial charge in [-0.1, -0.05) is 34.5 Å². The van der Waals surface area contributed by atoms with Crippen molar-refractivity contribution in [2.24, 2.45) is 0 Å². The minimum absolute atomic E-state index is 0.00817. The van der Waals surface area contributed by atoms with Gasteiger partial charge in [0, 0.05) is 41.9 Å². The summed E-state index contributed by atoms with van der Waals surface area (Å²) in [5.74, 6) is 0.970. The molecule has 0 aromatic heterocycles. The fourth-order valence-corrected chi connectivity index (χ4v) is 4.81. The summed E-state index contributed by atoms with van der Waals surface area (Å²) >= 11 is 9.99. The number of amides is 2. The molecule has 1 heterocycles. The Hall–Kier alpha value is -3.23. The number of nitrogens with one attached hydrogen (secondary N) is 1. The maximum Gasteiger partial charge on any atom is 0.259 e. The fourth-order valence-electron chi connectivity index (χ4n) is 4.14. The van der Waals surface area contributed by atoms with E-state index >= 15 is 0 Å². The molecule has 1 aliphatic rings. The van der Waals surface area contributed by atoms with E-state index in [1.165, 1.54) is 7.11 Å². The number of carbonyl (C=O) groups is 2. The van der Waals surface area contributed by atoms with Crippen molar-refractivity contribution < 1.29 is 19.1 Å². The molecule has 3 aromatic carbocycles. The lowest BCUT2D eigenvalue weighted by Gasteiger charge is -2.36. The Morgan fingerprint density at radius 3 is 2.38 bits per heavy atom. The smallest absolute Gasteiger partial charge is 0.259 e. The fraction of sp³-hybridized carbons (Fsp3) is 0.286. The summed E-state index contributed by atoms with van der Waals surface area (Å²) in [4.78, 5) is 29.8. The molecule has 0 spiro atoms. The number of anilines is 2. The van der Waals surface area contributed by atoms with Crippen LogP contribution in [0, 0.1) is 0 Å². The number of halogens is 2. The topological polar surface area (TPSA) is 71.1 Å². The Bertz CT molecular complexity index is 1260. The van der Waals surface area contributed by atoms with E-state index in [4.69, 9.17) is 21.1 Å². The highest BCUT2D eigenvalue weighted by Crippen LogP contribution is 2.31. The number of benzene rings is 3. The van der Waals surface area contributed by atoms with Crippen molar-refractivity contribution in [3.05, 3.63) is 81.3 Å². The first kappa shape index (κ1) is 26.8. The SMILES string of the molecule is CCCOc1ccc(C(=O)N2CCN(c3ccc(NC(=O)c4cc(Br)ccc4OC)cc3Cl)CC2)cc1. The molecule has 0 unspecified atom stereocenters. The van der Waals surface area contributed by atoms with Crippen LogP contribution in [0.15, 0.2) is 65.1 Å². The summed E-state index contributed by atoms with van der Waals surface area (Å²) < 4.78 is 11.7. The lowest BCUT2D eigenvalue weighted by atomic mass is 10.1. The number of rotatable bonds is 8. The van der Waals surface area contributed by atoms with Crippen molar-refractivity contribution in [3.63, 3.8) is 0 Å². The second-order valence-electron chi connectivity index (χ2n) is 8.62. The molecule has 0 atom stereocenters. The predicted octanol–water partition coefficient (Wildman–Crippen LogP) is 6.11. The van der Waals surface area contributed by atoms with E-state index in [0.717, 1.165) is 22.3 Å². The van der Waals surface area contributed by atoms with Crippen LogP contribution in [0.3, 0.4) is 0 Å². The van der Waals surface area contributed by atoms with Gasteiger partial charge >= 0.3 is 0 Å². The van der Waals surface area contributed by atoms with Crippen LogP contribution in [-0.2, 0) is 0 Å². The quantitative estimate of drug-likeness (QED) is 0.345. The molecule has 0 bridgehead atoms. The molecule has 1 N–H and O–H groups in total. The standard InChI is InChI=1S/C28H29BrClN3O4/c1-3-16-37-22-8-4-19(5-9-22)28(35)33-14-12-32(13-15-33)25-10-7-21(18-24(25)30)31-27(34)23-17-20(29)6-11-26(23)36-2/h4-11,17-18H,3,12-16H2,1-2H3,(H,31,34). The summed E-state index contributed by atoms with van der Waals surface area (Å²) in [7, 11) is 1.53. The molecule has 0 aliphatic carbocycles. The zero-order valence-corrected chi connectivity index (χ0v) is 23.1. The first-order valence-electron chi connectivity index (χ1n) is 12.1. The van der Waals surface area contributed by atoms with Crippen LogP contribution in [0.5, 0.6) is 11.5 Å². The predicted molar refractivity (Wildman–Crippen MR) is 150 cm³/mol. The highest BCUT2D eigenvalue weighted by Gasteiger charge is 2.24. The van der Waals surface area contributed by atoms with Crippen LogP contribution < -0.4 is 19.7 Å². The number of carbonyl (C=O) groups excluding carboxylic acids is 2. The van der Waals surface area contributed by atoms with Gasteiger partial charge in [-0.25, -0.2) is 0 Å². The van der Waals surface area contributed by atoms with Crippen LogP contribution in [0.1, 0.15) is 34.1 Å². The number of hydrogen-bond donors (Lipinski definition) is 1. The average Bonchev–Trinajstić information content (AvgIpc) is 2.92. The van der Waals surface area contributed by atoms with Crippen molar-refractivity contribution in [3.8, 4) is 11.5 Å². The van der Waals surface area contributed by atoms with Gasteiger partial charge in [-0.3, -0.25) is 9.59 Å². The maximum atomic E-state index is 13.0. The van der Waals surface area contributed by atoms with Crippen molar-refractivity contribution in [1.29, 1.82) is 0 Å². The van der Waals surface area contributed by atoms with Crippen LogP contribution in [0.2, 0.25) is 5.02 Å². The van der Waals surface area contributed by atoms with Gasteiger partial charge in [-0.05, 0) is 67.1 Å². The van der Waals surface area contributed by atoms with Gasteiger partial charge in [0.2, 0.25) is 0 Å². The second-order valence-corrected chi connectivity index (χ2v) is 9.94. The van der Waals surface area contributed by atoms with Crippen LogP contribution in [-0.4, -0.2) is 56.6 Å². The maximum absolute atomic E-state index is 13.0. The Labute approximate surface area is 230 Å². The molecule has 2 amide bonds. The van der Waals surface area contributed by atoms with E-state index in [1.54, 1.807) is 18.2 Å². The normalized spacial score (nSPS) is 13.3. The Balaban J connectivity index is 1.36. The molecular weight excluding hydrogens is 558 g/mol. The molecule has 1 aliphatic heterocycles. The number of ether oxygens (including phenoxy) is 2. The van der Waals surface area contributed by atoms with Gasteiger partial charge in [0.05, 0.1) is 30.0 Å². The van der Waals surface area contributed by atoms with Crippen LogP contribution in [0.4, 0.5) is 11.4 Å². The first-order valence-corrected chi connectivity index (χ1v) is 13.3. The van der Waals surface area contributed by atoms with Gasteiger partial charge < -0.3 is 24.6 Å². The molecule has 3 aromatic rings. The lowest BCUT2D eigenvalue weighted by molar-refractivity contribution is 0.0746. The summed E-state index contributed by atoms with van der Waals surface area (Å²) in [6.07, 6.45) is 0.938. The van der Waals surface area contributed by atoms with Gasteiger partial charge in [0.15, 0.2) is 0 Å². The summed E-state index contributed by atoms with van der Waals surface area (Å²) in [6, 6.07) is 18.0. The molecule has 4 rings (SSSR count). The Morgan fingerprint density at radius 2 is 1.73 bits per heavy atom. The van der Waals surface area contributed by atoms with Crippen molar-refractivity contribution in [2.45, 2.75) is 13.3 Å². The zero-order valence-electron chi connectivity index (χ0n) is 20.8. The second kappa shape index (κ2) is 12.3. The minimum Gasteiger partial charge on any atom is -0.496 e. The number of nitrogens with zero attached hydrogens (tertiary/aromatic N) is 2. The lowest BCUT2D eigenvalue weighted by Crippen LogP contribution is -2.48. The molecule has 0 radical (unpaired) electrons. The van der Waals surface area contributed by atoms with E-state index in [-0.39, 0.29) is 11.8 Å². The van der Waals surface area contributed by atoms with E-state index in [1.807, 2.05) is 47.4 Å². The minimum atomic E-state index is -0.293. The number of hydrogen-bond acceptors (Lipinski definition) is 5. The third-order valence-electron chi connectivity index (χ3n) is 6.09. The van der Waals surface area contributed by atoms with Crippen LogP contribution >= 0.6 is 27.5 Å². The molecule has 1 fully saturated rings. The monoisotopic (exact) mass is 585 g/mol. The molecule has 7 nitrogen and oxygen atoms in total.